The summed E-state index contributed by atoms with van der Waals surface area (Å²) >= 11 is 0. The van der Waals surface area contributed by atoms with E-state index in [4.69, 9.17) is 4.52 Å². The predicted octanol–water partition coefficient (Wildman–Crippen LogP) is 3.49. The average molecular weight is 449 g/mol. The summed E-state index contributed by atoms with van der Waals surface area (Å²) in [7, 11) is -3.63. The van der Waals surface area contributed by atoms with Crippen LogP contribution in [-0.2, 0) is 21.2 Å². The second-order valence-corrected chi connectivity index (χ2v) is 9.78. The van der Waals surface area contributed by atoms with Crippen molar-refractivity contribution in [3.8, 4) is 0 Å². The van der Waals surface area contributed by atoms with E-state index in [1.165, 1.54) is 10.7 Å². The molecule has 2 heterocycles. The summed E-state index contributed by atoms with van der Waals surface area (Å²) in [4.78, 5) is 15.3. The third kappa shape index (κ3) is 5.10. The van der Waals surface area contributed by atoms with Crippen molar-refractivity contribution >= 4 is 27.3 Å². The van der Waals surface area contributed by atoms with Gasteiger partial charge in [0.25, 0.3) is 0 Å². The lowest BCUT2D eigenvalue weighted by molar-refractivity contribution is -0.115. The summed E-state index contributed by atoms with van der Waals surface area (Å²) < 4.78 is 32.7. The highest BCUT2D eigenvalue weighted by Crippen LogP contribution is 2.32. The van der Waals surface area contributed by atoms with Crippen molar-refractivity contribution in [3.63, 3.8) is 0 Å². The molecule has 0 unspecified atom stereocenters. The summed E-state index contributed by atoms with van der Waals surface area (Å²) in [6, 6.07) is 5.04. The molecule has 1 amide bonds. The van der Waals surface area contributed by atoms with E-state index in [-0.39, 0.29) is 17.2 Å². The Kier molecular flexibility index (Phi) is 7.38. The number of aryl methyl sites for hydroxylation is 2. The molecule has 0 saturated carbocycles. The standard InChI is InChI=1S/C22H32N4O4S/c1-5-26(6-2)31(28,29)18-10-11-21(25-12-8-7-9-13-25)20(14-18)23-22(27)15-19-16(3)24-30-17(19)4/h10-11,14H,5-9,12-13,15H2,1-4H3,(H,23,27). The zero-order chi connectivity index (χ0) is 22.6. The van der Waals surface area contributed by atoms with Gasteiger partial charge in [0.05, 0.1) is 28.4 Å². The fourth-order valence-electron chi connectivity index (χ4n) is 4.01. The van der Waals surface area contributed by atoms with Crippen LogP contribution in [0.3, 0.4) is 0 Å². The lowest BCUT2D eigenvalue weighted by atomic mass is 10.1. The van der Waals surface area contributed by atoms with Crippen LogP contribution in [0.5, 0.6) is 0 Å². The Hall–Kier alpha value is -2.39. The van der Waals surface area contributed by atoms with Gasteiger partial charge in [-0.1, -0.05) is 19.0 Å². The van der Waals surface area contributed by atoms with E-state index in [0.717, 1.165) is 37.2 Å². The van der Waals surface area contributed by atoms with Gasteiger partial charge in [0.15, 0.2) is 0 Å². The van der Waals surface area contributed by atoms with Crippen molar-refractivity contribution in [2.24, 2.45) is 0 Å². The van der Waals surface area contributed by atoms with Crippen LogP contribution in [0.25, 0.3) is 0 Å². The molecular weight excluding hydrogens is 416 g/mol. The van der Waals surface area contributed by atoms with Crippen molar-refractivity contribution in [1.29, 1.82) is 0 Å². The molecule has 1 saturated heterocycles. The van der Waals surface area contributed by atoms with E-state index in [1.54, 1.807) is 26.0 Å². The molecule has 0 bridgehead atoms. The summed E-state index contributed by atoms with van der Waals surface area (Å²) in [5, 5.41) is 6.86. The molecule has 1 aliphatic rings. The molecule has 2 aromatic rings. The van der Waals surface area contributed by atoms with E-state index in [1.807, 2.05) is 19.9 Å². The predicted molar refractivity (Wildman–Crippen MR) is 121 cm³/mol. The molecule has 31 heavy (non-hydrogen) atoms. The number of rotatable bonds is 8. The smallest absolute Gasteiger partial charge is 0.243 e. The van der Waals surface area contributed by atoms with Gasteiger partial charge < -0.3 is 14.7 Å². The number of benzene rings is 1. The molecule has 1 N–H and O–H groups in total. The van der Waals surface area contributed by atoms with Gasteiger partial charge in [0.1, 0.15) is 5.76 Å². The minimum atomic E-state index is -3.63. The number of piperidine rings is 1. The quantitative estimate of drug-likeness (QED) is 0.664. The van der Waals surface area contributed by atoms with Crippen LogP contribution in [-0.4, -0.2) is 50.0 Å². The Morgan fingerprint density at radius 1 is 1.16 bits per heavy atom. The van der Waals surface area contributed by atoms with Crippen molar-refractivity contribution in [2.45, 2.75) is 58.3 Å². The first-order valence-corrected chi connectivity index (χ1v) is 12.3. The second-order valence-electron chi connectivity index (χ2n) is 7.84. The maximum atomic E-state index is 13.0. The average Bonchev–Trinajstić information content (AvgIpc) is 3.07. The van der Waals surface area contributed by atoms with E-state index in [9.17, 15) is 13.2 Å². The summed E-state index contributed by atoms with van der Waals surface area (Å²) in [6.45, 7) is 9.75. The van der Waals surface area contributed by atoms with Crippen LogP contribution >= 0.6 is 0 Å². The molecular formula is C22H32N4O4S. The highest BCUT2D eigenvalue weighted by atomic mass is 32.2. The summed E-state index contributed by atoms with van der Waals surface area (Å²) in [5.74, 6) is 0.381. The molecule has 0 spiro atoms. The van der Waals surface area contributed by atoms with E-state index < -0.39 is 10.0 Å². The molecule has 8 nitrogen and oxygen atoms in total. The second kappa shape index (κ2) is 9.82. The number of carbonyl (C=O) groups is 1. The van der Waals surface area contributed by atoms with Gasteiger partial charge in [-0.2, -0.15) is 4.31 Å². The third-order valence-corrected chi connectivity index (χ3v) is 7.85. The Labute approximate surface area is 184 Å². The minimum Gasteiger partial charge on any atom is -0.370 e. The summed E-state index contributed by atoms with van der Waals surface area (Å²) in [5.41, 5.74) is 2.81. The zero-order valence-corrected chi connectivity index (χ0v) is 19.6. The van der Waals surface area contributed by atoms with E-state index in [0.29, 0.717) is 30.2 Å². The Bertz CT molecular complexity index is 1000. The minimum absolute atomic E-state index is 0.119. The van der Waals surface area contributed by atoms with Crippen molar-refractivity contribution < 1.29 is 17.7 Å². The molecule has 0 atom stereocenters. The zero-order valence-electron chi connectivity index (χ0n) is 18.8. The van der Waals surface area contributed by atoms with Crippen LogP contribution < -0.4 is 10.2 Å². The van der Waals surface area contributed by atoms with Crippen molar-refractivity contribution in [2.75, 3.05) is 36.4 Å². The first-order valence-electron chi connectivity index (χ1n) is 10.9. The Morgan fingerprint density at radius 3 is 2.42 bits per heavy atom. The number of sulfonamides is 1. The first-order chi connectivity index (χ1) is 14.8. The number of hydrogen-bond acceptors (Lipinski definition) is 6. The lowest BCUT2D eigenvalue weighted by Crippen LogP contribution is -2.32. The van der Waals surface area contributed by atoms with Crippen LogP contribution in [0.15, 0.2) is 27.6 Å². The monoisotopic (exact) mass is 448 g/mol. The normalized spacial score (nSPS) is 14.8. The molecule has 1 aliphatic heterocycles. The van der Waals surface area contributed by atoms with Gasteiger partial charge in [0.2, 0.25) is 15.9 Å². The first kappa shape index (κ1) is 23.3. The SMILES string of the molecule is CCN(CC)S(=O)(=O)c1ccc(N2CCCCC2)c(NC(=O)Cc2c(C)noc2C)c1. The fraction of sp³-hybridized carbons (Fsp3) is 0.545. The van der Waals surface area contributed by atoms with Crippen LogP contribution in [0.4, 0.5) is 11.4 Å². The van der Waals surface area contributed by atoms with Gasteiger partial charge in [-0.25, -0.2) is 8.42 Å². The highest BCUT2D eigenvalue weighted by Gasteiger charge is 2.25. The van der Waals surface area contributed by atoms with E-state index >= 15 is 0 Å². The van der Waals surface area contributed by atoms with E-state index in [2.05, 4.69) is 15.4 Å². The number of nitrogens with one attached hydrogen (secondary N) is 1. The molecule has 170 valence electrons. The number of aromatic nitrogens is 1. The van der Waals surface area contributed by atoms with Gasteiger partial charge in [-0.05, 0) is 51.3 Å². The van der Waals surface area contributed by atoms with Crippen molar-refractivity contribution in [1.82, 2.24) is 9.46 Å². The molecule has 1 fully saturated rings. The largest absolute Gasteiger partial charge is 0.370 e. The van der Waals surface area contributed by atoms with Gasteiger partial charge in [-0.15, -0.1) is 0 Å². The Morgan fingerprint density at radius 2 is 1.84 bits per heavy atom. The molecule has 9 heteroatoms. The molecule has 1 aromatic heterocycles. The van der Waals surface area contributed by atoms with Crippen LogP contribution in [0.2, 0.25) is 0 Å². The maximum absolute atomic E-state index is 13.0. The maximum Gasteiger partial charge on any atom is 0.243 e. The number of anilines is 2. The van der Waals surface area contributed by atoms with Gasteiger partial charge in [0, 0.05) is 31.7 Å². The third-order valence-electron chi connectivity index (χ3n) is 5.80. The van der Waals surface area contributed by atoms with Crippen LogP contribution in [0, 0.1) is 13.8 Å². The number of nitrogens with zero attached hydrogens (tertiary/aromatic N) is 3. The molecule has 0 aliphatic carbocycles. The number of hydrogen-bond donors (Lipinski definition) is 1. The topological polar surface area (TPSA) is 95.8 Å². The van der Waals surface area contributed by atoms with Gasteiger partial charge in [-0.3, -0.25) is 4.79 Å². The van der Waals surface area contributed by atoms with Crippen molar-refractivity contribution in [3.05, 3.63) is 35.2 Å². The lowest BCUT2D eigenvalue weighted by Gasteiger charge is -2.31. The molecule has 3 rings (SSSR count). The molecule has 0 radical (unpaired) electrons. The molecule has 1 aromatic carbocycles. The Balaban J connectivity index is 1.95. The number of carbonyl (C=O) groups excluding carboxylic acids is 1. The van der Waals surface area contributed by atoms with Crippen LogP contribution in [0.1, 0.15) is 50.1 Å². The summed E-state index contributed by atoms with van der Waals surface area (Å²) in [6.07, 6.45) is 3.45. The highest BCUT2D eigenvalue weighted by molar-refractivity contribution is 7.89. The van der Waals surface area contributed by atoms with Gasteiger partial charge >= 0.3 is 0 Å². The fourth-order valence-corrected chi connectivity index (χ4v) is 5.49. The number of amides is 1.